The fraction of sp³-hybridized carbons (Fsp3) is 0.308. The predicted octanol–water partition coefficient (Wildman–Crippen LogP) is 0.587. The number of benzene rings is 1. The lowest BCUT2D eigenvalue weighted by atomic mass is 10.1. The topological polar surface area (TPSA) is 79.8 Å². The highest BCUT2D eigenvalue weighted by Gasteiger charge is 2.08. The van der Waals surface area contributed by atoms with Crippen molar-refractivity contribution in [1.29, 1.82) is 0 Å². The van der Waals surface area contributed by atoms with Gasteiger partial charge in [0.2, 0.25) is 0 Å². The second-order valence-corrected chi connectivity index (χ2v) is 4.01. The second-order valence-electron chi connectivity index (χ2n) is 4.01. The summed E-state index contributed by atoms with van der Waals surface area (Å²) in [5, 5.41) is 14.7. The van der Waals surface area contributed by atoms with Gasteiger partial charge in [-0.3, -0.25) is 5.32 Å². The van der Waals surface area contributed by atoms with E-state index in [2.05, 4.69) is 10.5 Å². The molecule has 0 aromatic heterocycles. The van der Waals surface area contributed by atoms with Gasteiger partial charge >= 0.3 is 13.6 Å². The molecule has 1 radical (unpaired) electrons. The fourth-order valence-electron chi connectivity index (χ4n) is 1.36. The first-order valence-electron chi connectivity index (χ1n) is 6.04. The first-order valence-corrected chi connectivity index (χ1v) is 6.04. The van der Waals surface area contributed by atoms with E-state index in [-0.39, 0.29) is 0 Å². The van der Waals surface area contributed by atoms with Crippen LogP contribution < -0.4 is 15.3 Å². The zero-order chi connectivity index (χ0) is 15.0. The molecule has 1 unspecified atom stereocenters. The highest BCUT2D eigenvalue weighted by molar-refractivity contribution is 6.32. The molecule has 0 amide bonds. The summed E-state index contributed by atoms with van der Waals surface area (Å²) in [7, 11) is 4.46. The second kappa shape index (κ2) is 8.37. The van der Waals surface area contributed by atoms with Crippen molar-refractivity contribution in [2.24, 2.45) is 0 Å². The third-order valence-electron chi connectivity index (χ3n) is 2.39. The highest BCUT2D eigenvalue weighted by Crippen LogP contribution is 2.25. The van der Waals surface area contributed by atoms with Gasteiger partial charge in [0.25, 0.3) is 0 Å². The van der Waals surface area contributed by atoms with Gasteiger partial charge in [0, 0.05) is 13.2 Å². The summed E-state index contributed by atoms with van der Waals surface area (Å²) in [6.07, 6.45) is 1.57. The van der Waals surface area contributed by atoms with Gasteiger partial charge in [-0.15, -0.1) is 0 Å². The molecule has 0 fully saturated rings. The summed E-state index contributed by atoms with van der Waals surface area (Å²) in [5.74, 6) is -0.197. The van der Waals surface area contributed by atoms with E-state index in [1.54, 1.807) is 19.2 Å². The standard InChI is InChI=1S/C13H18BN2O4/c1-9-4-5-10(16-14-19-3)11(8-9)20-13(18)7-6-12(17)15-2/h4-8,12,15-17H,1-3H3/b7-6+. The fourth-order valence-corrected chi connectivity index (χ4v) is 1.36. The zero-order valence-corrected chi connectivity index (χ0v) is 11.7. The van der Waals surface area contributed by atoms with Crippen molar-refractivity contribution < 1.29 is 19.3 Å². The molecule has 3 N–H and O–H groups in total. The van der Waals surface area contributed by atoms with Crippen molar-refractivity contribution in [3.63, 3.8) is 0 Å². The Bertz CT molecular complexity index is 479. The molecule has 0 bridgehead atoms. The monoisotopic (exact) mass is 277 g/mol. The molecule has 0 saturated carbocycles. The van der Waals surface area contributed by atoms with E-state index < -0.39 is 12.2 Å². The van der Waals surface area contributed by atoms with Crippen molar-refractivity contribution in [3.8, 4) is 5.75 Å². The number of likely N-dealkylation sites (N-methyl/N-ethyl adjacent to an activating group) is 1. The molecule has 0 aliphatic rings. The minimum atomic E-state index is -0.889. The van der Waals surface area contributed by atoms with Crippen molar-refractivity contribution in [3.05, 3.63) is 35.9 Å². The lowest BCUT2D eigenvalue weighted by Gasteiger charge is -2.11. The Balaban J connectivity index is 2.76. The van der Waals surface area contributed by atoms with Crippen molar-refractivity contribution in [2.45, 2.75) is 13.2 Å². The molecule has 6 nitrogen and oxygen atoms in total. The van der Waals surface area contributed by atoms with Crippen LogP contribution in [0.1, 0.15) is 5.56 Å². The molecule has 0 saturated heterocycles. The Morgan fingerprint density at radius 2 is 2.25 bits per heavy atom. The molecule has 1 aromatic rings. The summed E-state index contributed by atoms with van der Waals surface area (Å²) in [4.78, 5) is 11.7. The van der Waals surface area contributed by atoms with Crippen molar-refractivity contribution in [1.82, 2.24) is 5.32 Å². The summed E-state index contributed by atoms with van der Waals surface area (Å²) < 4.78 is 10.0. The van der Waals surface area contributed by atoms with Gasteiger partial charge in [0.05, 0.1) is 5.69 Å². The number of hydrogen-bond donors (Lipinski definition) is 3. The highest BCUT2D eigenvalue weighted by atomic mass is 16.5. The predicted molar refractivity (Wildman–Crippen MR) is 77.4 cm³/mol. The van der Waals surface area contributed by atoms with E-state index in [9.17, 15) is 9.90 Å². The Morgan fingerprint density at radius 3 is 2.90 bits per heavy atom. The molecule has 0 spiro atoms. The molecule has 1 aromatic carbocycles. The van der Waals surface area contributed by atoms with Crippen LogP contribution in [0.5, 0.6) is 5.75 Å². The van der Waals surface area contributed by atoms with Crippen molar-refractivity contribution >= 4 is 19.3 Å². The zero-order valence-electron chi connectivity index (χ0n) is 11.7. The number of nitrogens with one attached hydrogen (secondary N) is 2. The number of rotatable bonds is 7. The van der Waals surface area contributed by atoms with Gasteiger partial charge in [-0.05, 0) is 37.7 Å². The SMILES string of the molecule is CNC(O)/C=C/C(=O)Oc1cc(C)ccc1N[B]OC. The molecule has 1 atom stereocenters. The van der Waals surface area contributed by atoms with Crippen LogP contribution in [0.25, 0.3) is 0 Å². The first-order chi connectivity index (χ1) is 9.56. The van der Waals surface area contributed by atoms with E-state index >= 15 is 0 Å². The van der Waals surface area contributed by atoms with E-state index in [1.165, 1.54) is 20.8 Å². The van der Waals surface area contributed by atoms with Gasteiger partial charge in [0.15, 0.2) is 5.75 Å². The van der Waals surface area contributed by atoms with Gasteiger partial charge < -0.3 is 19.7 Å². The Hall–Kier alpha value is -1.83. The summed E-state index contributed by atoms with van der Waals surface area (Å²) >= 11 is 0. The van der Waals surface area contributed by atoms with E-state index in [0.717, 1.165) is 11.6 Å². The van der Waals surface area contributed by atoms with Crippen LogP contribution in [0.15, 0.2) is 30.4 Å². The lowest BCUT2D eigenvalue weighted by molar-refractivity contribution is -0.129. The van der Waals surface area contributed by atoms with Gasteiger partial charge in [-0.2, -0.15) is 0 Å². The largest absolute Gasteiger partial charge is 0.436 e. The number of carbonyl (C=O) groups is 1. The third kappa shape index (κ3) is 5.44. The lowest BCUT2D eigenvalue weighted by Crippen LogP contribution is -2.22. The third-order valence-corrected chi connectivity index (χ3v) is 2.39. The number of aliphatic hydroxyl groups excluding tert-OH is 1. The van der Waals surface area contributed by atoms with Crippen LogP contribution in [-0.2, 0) is 9.45 Å². The van der Waals surface area contributed by atoms with Gasteiger partial charge in [-0.25, -0.2) is 4.79 Å². The van der Waals surface area contributed by atoms with Crippen LogP contribution in [0.3, 0.4) is 0 Å². The van der Waals surface area contributed by atoms with Gasteiger partial charge in [-0.1, -0.05) is 6.07 Å². The number of aliphatic hydroxyl groups is 1. The van der Waals surface area contributed by atoms with E-state index in [0.29, 0.717) is 11.4 Å². The number of hydrogen-bond acceptors (Lipinski definition) is 6. The molecule has 1 rings (SSSR count). The maximum absolute atomic E-state index is 11.7. The minimum absolute atomic E-state index is 0.381. The maximum Gasteiger partial charge on any atom is 0.436 e. The molecule has 0 heterocycles. The molecule has 7 heteroatoms. The summed E-state index contributed by atoms with van der Waals surface area (Å²) in [6.45, 7) is 1.89. The quantitative estimate of drug-likeness (QED) is 0.222. The van der Waals surface area contributed by atoms with Crippen LogP contribution in [0, 0.1) is 6.92 Å². The normalized spacial score (nSPS) is 12.2. The number of ether oxygens (including phenoxy) is 1. The molecule has 0 aliphatic carbocycles. The average molecular weight is 277 g/mol. The first kappa shape index (κ1) is 16.2. The molecule has 20 heavy (non-hydrogen) atoms. The number of anilines is 1. The van der Waals surface area contributed by atoms with Crippen LogP contribution in [0.2, 0.25) is 0 Å². The summed E-state index contributed by atoms with van der Waals surface area (Å²) in [5.41, 5.74) is 1.56. The molecule has 107 valence electrons. The number of carbonyl (C=O) groups excluding carboxylic acids is 1. The van der Waals surface area contributed by atoms with Crippen LogP contribution in [0.4, 0.5) is 5.69 Å². The minimum Gasteiger partial charge on any atom is -0.422 e. The van der Waals surface area contributed by atoms with Crippen molar-refractivity contribution in [2.75, 3.05) is 19.4 Å². The maximum atomic E-state index is 11.7. The Morgan fingerprint density at radius 1 is 1.50 bits per heavy atom. The summed E-state index contributed by atoms with van der Waals surface area (Å²) in [6, 6.07) is 5.38. The van der Waals surface area contributed by atoms with Crippen LogP contribution in [-0.4, -0.2) is 39.1 Å². The van der Waals surface area contributed by atoms with Gasteiger partial charge in [0.1, 0.15) is 6.23 Å². The average Bonchev–Trinajstić information content (AvgIpc) is 2.44. The number of esters is 1. The Labute approximate surface area is 119 Å². The molecular weight excluding hydrogens is 259 g/mol. The Kier molecular flexibility index (Phi) is 6.79. The number of aryl methyl sites for hydroxylation is 1. The van der Waals surface area contributed by atoms with E-state index in [1.807, 2.05) is 13.0 Å². The smallest absolute Gasteiger partial charge is 0.422 e. The molecular formula is C13H18BN2O4. The van der Waals surface area contributed by atoms with E-state index in [4.69, 9.17) is 9.39 Å². The molecule has 0 aliphatic heterocycles. The van der Waals surface area contributed by atoms with Crippen LogP contribution >= 0.6 is 0 Å².